The summed E-state index contributed by atoms with van der Waals surface area (Å²) in [5, 5.41) is 17.9. The Morgan fingerprint density at radius 1 is 1.42 bits per heavy atom. The van der Waals surface area contributed by atoms with Gasteiger partial charge in [-0.1, -0.05) is 0 Å². The van der Waals surface area contributed by atoms with Gasteiger partial charge in [0.15, 0.2) is 0 Å². The summed E-state index contributed by atoms with van der Waals surface area (Å²) in [4.78, 5) is 10.4. The molecule has 5 heteroatoms. The van der Waals surface area contributed by atoms with Crippen molar-refractivity contribution < 1.29 is 25.0 Å². The van der Waals surface area contributed by atoms with E-state index >= 15 is 0 Å². The van der Waals surface area contributed by atoms with Crippen LogP contribution in [0.4, 0.5) is 0 Å². The molecule has 3 N–H and O–H groups in total. The Bertz CT molecular complexity index is 159. The fourth-order valence-corrected chi connectivity index (χ4v) is 0.991. The van der Waals surface area contributed by atoms with Crippen molar-refractivity contribution >= 4 is 5.97 Å². The molecule has 0 saturated carbocycles. The summed E-state index contributed by atoms with van der Waals surface area (Å²) in [6.45, 7) is 1.50. The zero-order valence-corrected chi connectivity index (χ0v) is 7.90. The Morgan fingerprint density at radius 3 is 1.83 bits per heavy atom. The van der Waals surface area contributed by atoms with Crippen molar-refractivity contribution in [3.8, 4) is 0 Å². The molecule has 0 saturated heterocycles. The van der Waals surface area contributed by atoms with E-state index < -0.39 is 11.6 Å². The molecule has 0 aliphatic rings. The Morgan fingerprint density at radius 2 is 1.75 bits per heavy atom. The molecule has 12 heavy (non-hydrogen) atoms. The smallest absolute Gasteiger partial charge is 0.341 e. The highest BCUT2D eigenvalue weighted by molar-refractivity contribution is 5.76. The summed E-state index contributed by atoms with van der Waals surface area (Å²) in [5.41, 5.74) is -1.63. The molecule has 0 radical (unpaired) electrons. The third-order valence-corrected chi connectivity index (χ3v) is 1.24. The van der Waals surface area contributed by atoms with Crippen molar-refractivity contribution in [2.75, 3.05) is 27.7 Å². The fraction of sp³-hybridized carbons (Fsp3) is 0.857. The predicted molar refractivity (Wildman–Crippen MR) is 43.1 cm³/mol. The number of hydrogen-bond donors (Lipinski definition) is 2. The van der Waals surface area contributed by atoms with Crippen molar-refractivity contribution in [2.45, 2.75) is 12.5 Å². The van der Waals surface area contributed by atoms with Crippen molar-refractivity contribution in [1.82, 2.24) is 0 Å². The minimum Gasteiger partial charge on any atom is -0.870 e. The molecule has 0 amide bonds. The summed E-state index contributed by atoms with van der Waals surface area (Å²) in [6.07, 6.45) is 0. The monoisotopic (exact) mass is 179 g/mol. The normalized spacial score (nSPS) is 16.1. The molecule has 1 atom stereocenters. The minimum absolute atomic E-state index is 0. The van der Waals surface area contributed by atoms with Crippen LogP contribution in [0.1, 0.15) is 6.92 Å². The molecule has 0 aliphatic carbocycles. The van der Waals surface area contributed by atoms with E-state index in [1.807, 2.05) is 21.1 Å². The van der Waals surface area contributed by atoms with Gasteiger partial charge >= 0.3 is 5.97 Å². The molecule has 0 aromatic rings. The van der Waals surface area contributed by atoms with Crippen molar-refractivity contribution in [3.63, 3.8) is 0 Å². The van der Waals surface area contributed by atoms with E-state index in [1.165, 1.54) is 6.92 Å². The summed E-state index contributed by atoms with van der Waals surface area (Å²) in [7, 11) is 5.49. The second-order valence-electron chi connectivity index (χ2n) is 4.03. The Kier molecular flexibility index (Phi) is 4.45. The van der Waals surface area contributed by atoms with E-state index in [1.54, 1.807) is 0 Å². The first-order valence-corrected chi connectivity index (χ1v) is 3.41. The van der Waals surface area contributed by atoms with Crippen molar-refractivity contribution in [1.29, 1.82) is 0 Å². The number of quaternary nitrogens is 1. The van der Waals surface area contributed by atoms with Crippen molar-refractivity contribution in [2.24, 2.45) is 0 Å². The fourth-order valence-electron chi connectivity index (χ4n) is 0.991. The number of carboxylic acid groups (broad SMARTS) is 1. The first-order valence-electron chi connectivity index (χ1n) is 3.41. The van der Waals surface area contributed by atoms with Crippen LogP contribution in [0.5, 0.6) is 0 Å². The molecule has 0 aliphatic heterocycles. The molecule has 0 bridgehead atoms. The molecule has 1 unspecified atom stereocenters. The van der Waals surface area contributed by atoms with Crippen LogP contribution >= 0.6 is 0 Å². The van der Waals surface area contributed by atoms with Crippen LogP contribution in [-0.2, 0) is 4.79 Å². The van der Waals surface area contributed by atoms with Gasteiger partial charge < -0.3 is 20.2 Å². The highest BCUT2D eigenvalue weighted by Crippen LogP contribution is 2.07. The van der Waals surface area contributed by atoms with Crippen LogP contribution < -0.4 is 0 Å². The third-order valence-electron chi connectivity index (χ3n) is 1.24. The lowest BCUT2D eigenvalue weighted by Gasteiger charge is -2.30. The van der Waals surface area contributed by atoms with Gasteiger partial charge in [0.05, 0.1) is 21.1 Å². The Balaban J connectivity index is 0. The molecule has 0 rings (SSSR count). The SMILES string of the molecule is CC(O)(C[N+](C)(C)C)C(=O)O.[OH-]. The van der Waals surface area contributed by atoms with Crippen LogP contribution in [0, 0.1) is 0 Å². The molecule has 5 nitrogen and oxygen atoms in total. The van der Waals surface area contributed by atoms with Crippen LogP contribution in [0.2, 0.25) is 0 Å². The van der Waals surface area contributed by atoms with Gasteiger partial charge in [0, 0.05) is 0 Å². The number of hydrogen-bond acceptors (Lipinski definition) is 3. The van der Waals surface area contributed by atoms with E-state index in [9.17, 15) is 9.90 Å². The van der Waals surface area contributed by atoms with Gasteiger partial charge in [-0.05, 0) is 6.92 Å². The van der Waals surface area contributed by atoms with Gasteiger partial charge in [-0.2, -0.15) is 0 Å². The molecule has 0 heterocycles. The summed E-state index contributed by atoms with van der Waals surface area (Å²) >= 11 is 0. The quantitative estimate of drug-likeness (QED) is 0.563. The van der Waals surface area contributed by atoms with E-state index in [0.29, 0.717) is 4.48 Å². The maximum absolute atomic E-state index is 10.4. The van der Waals surface area contributed by atoms with Crippen LogP contribution in [0.25, 0.3) is 0 Å². The van der Waals surface area contributed by atoms with Crippen LogP contribution in [0.3, 0.4) is 0 Å². The second-order valence-corrected chi connectivity index (χ2v) is 4.03. The molecular formula is C7H17NO4. The number of carbonyl (C=O) groups is 1. The van der Waals surface area contributed by atoms with E-state index in [0.717, 1.165) is 0 Å². The second kappa shape index (κ2) is 3.84. The number of likely N-dealkylation sites (N-methyl/N-ethyl adjacent to an activating group) is 1. The molecule has 0 fully saturated rings. The number of rotatable bonds is 3. The molecule has 0 spiro atoms. The lowest BCUT2D eigenvalue weighted by Crippen LogP contribution is -2.51. The largest absolute Gasteiger partial charge is 0.870 e. The molecule has 74 valence electrons. The number of aliphatic hydroxyl groups is 1. The van der Waals surface area contributed by atoms with Crippen LogP contribution in [0.15, 0.2) is 0 Å². The maximum Gasteiger partial charge on any atom is 0.341 e. The predicted octanol–water partition coefficient (Wildman–Crippen LogP) is -0.649. The standard InChI is InChI=1S/C7H15NO3.H2O/c1-7(11,6(9)10)5-8(2,3)4;/h11H,5H2,1-4H3;1H2. The van der Waals surface area contributed by atoms with E-state index in [2.05, 4.69) is 0 Å². The maximum atomic E-state index is 10.4. The van der Waals surface area contributed by atoms with Gasteiger partial charge in [0.2, 0.25) is 5.60 Å². The molecule has 0 aromatic heterocycles. The summed E-state index contributed by atoms with van der Waals surface area (Å²) in [6, 6.07) is 0. The number of aliphatic carboxylic acids is 1. The van der Waals surface area contributed by atoms with Gasteiger partial charge in [0.25, 0.3) is 0 Å². The van der Waals surface area contributed by atoms with Gasteiger partial charge in [0.1, 0.15) is 6.54 Å². The number of nitrogens with zero attached hydrogens (tertiary/aromatic N) is 1. The van der Waals surface area contributed by atoms with Gasteiger partial charge in [-0.25, -0.2) is 4.79 Å². The highest BCUT2D eigenvalue weighted by Gasteiger charge is 2.35. The molecular weight excluding hydrogens is 162 g/mol. The zero-order valence-electron chi connectivity index (χ0n) is 7.90. The minimum atomic E-state index is -1.63. The summed E-state index contributed by atoms with van der Waals surface area (Å²) in [5.74, 6) is -1.18. The first kappa shape index (κ1) is 13.9. The van der Waals surface area contributed by atoms with E-state index in [4.69, 9.17) is 5.11 Å². The molecule has 0 aromatic carbocycles. The van der Waals surface area contributed by atoms with Crippen molar-refractivity contribution in [3.05, 3.63) is 0 Å². The lowest BCUT2D eigenvalue weighted by atomic mass is 10.1. The average Bonchev–Trinajstić information content (AvgIpc) is 1.56. The topological polar surface area (TPSA) is 87.5 Å². The van der Waals surface area contributed by atoms with Gasteiger partial charge in [-0.3, -0.25) is 0 Å². The Hall–Kier alpha value is -0.650. The zero-order chi connectivity index (χ0) is 9.28. The average molecular weight is 179 g/mol. The van der Waals surface area contributed by atoms with Crippen LogP contribution in [-0.4, -0.2) is 59.4 Å². The highest BCUT2D eigenvalue weighted by atomic mass is 16.4. The Labute approximate surface area is 72.1 Å². The van der Waals surface area contributed by atoms with Gasteiger partial charge in [-0.15, -0.1) is 0 Å². The van der Waals surface area contributed by atoms with E-state index in [-0.39, 0.29) is 12.0 Å². The lowest BCUT2D eigenvalue weighted by molar-refractivity contribution is -0.875. The third kappa shape index (κ3) is 5.06. The number of carboxylic acids is 1. The summed E-state index contributed by atoms with van der Waals surface area (Å²) < 4.78 is 0.430. The first-order chi connectivity index (χ1) is 4.65.